The van der Waals surface area contributed by atoms with Crippen LogP contribution in [0, 0.1) is 0 Å². The summed E-state index contributed by atoms with van der Waals surface area (Å²) in [5, 5.41) is 8.46. The van der Waals surface area contributed by atoms with Crippen LogP contribution in [0.5, 0.6) is 0 Å². The largest absolute Gasteiger partial charge is 0.481 e. The number of ether oxygens (including phenoxy) is 1. The molecule has 0 aromatic carbocycles. The summed E-state index contributed by atoms with van der Waals surface area (Å²) in [7, 11) is 0. The minimum Gasteiger partial charge on any atom is -0.481 e. The molecule has 0 spiro atoms. The molecule has 140 valence electrons. The van der Waals surface area contributed by atoms with Gasteiger partial charge >= 0.3 is 17.9 Å². The molecular formula is C19H34O5. The van der Waals surface area contributed by atoms with Crippen molar-refractivity contribution in [2.75, 3.05) is 0 Å². The number of carbonyl (C=O) groups excluding carboxylic acids is 2. The fraction of sp³-hybridized carbons (Fsp3) is 0.842. The fourth-order valence-electron chi connectivity index (χ4n) is 2.55. The van der Waals surface area contributed by atoms with Gasteiger partial charge in [0.25, 0.3) is 0 Å². The summed E-state index contributed by atoms with van der Waals surface area (Å²) in [6.07, 6.45) is 13.7. The van der Waals surface area contributed by atoms with Crippen molar-refractivity contribution in [3.8, 4) is 0 Å². The van der Waals surface area contributed by atoms with E-state index < -0.39 is 17.9 Å². The Morgan fingerprint density at radius 1 is 0.625 bits per heavy atom. The van der Waals surface area contributed by atoms with Gasteiger partial charge in [-0.25, -0.2) is 0 Å². The maximum Gasteiger partial charge on any atom is 0.313 e. The first-order chi connectivity index (χ1) is 11.6. The van der Waals surface area contributed by atoms with Crippen LogP contribution < -0.4 is 0 Å². The van der Waals surface area contributed by atoms with Gasteiger partial charge in [-0.2, -0.15) is 0 Å². The van der Waals surface area contributed by atoms with Crippen LogP contribution in [0.2, 0.25) is 0 Å². The Morgan fingerprint density at radius 2 is 1.04 bits per heavy atom. The van der Waals surface area contributed by atoms with E-state index in [1.807, 2.05) is 0 Å². The first-order valence-electron chi connectivity index (χ1n) is 9.51. The summed E-state index contributed by atoms with van der Waals surface area (Å²) in [5.74, 6) is -2.06. The summed E-state index contributed by atoms with van der Waals surface area (Å²) in [6.45, 7) is 2.23. The van der Waals surface area contributed by atoms with E-state index in [-0.39, 0.29) is 25.7 Å². The molecule has 5 heteroatoms. The van der Waals surface area contributed by atoms with Crippen LogP contribution in [0.25, 0.3) is 0 Å². The fourth-order valence-corrected chi connectivity index (χ4v) is 2.55. The Balaban J connectivity index is 3.34. The van der Waals surface area contributed by atoms with Gasteiger partial charge in [0, 0.05) is 19.3 Å². The number of carbonyl (C=O) groups is 3. The topological polar surface area (TPSA) is 80.7 Å². The maximum atomic E-state index is 11.5. The van der Waals surface area contributed by atoms with Gasteiger partial charge in [0.05, 0.1) is 0 Å². The van der Waals surface area contributed by atoms with E-state index in [9.17, 15) is 14.4 Å². The van der Waals surface area contributed by atoms with Crippen molar-refractivity contribution < 1.29 is 24.2 Å². The van der Waals surface area contributed by atoms with Gasteiger partial charge in [-0.15, -0.1) is 0 Å². The number of unbranched alkanes of at least 4 members (excludes halogenated alkanes) is 10. The summed E-state index contributed by atoms with van der Waals surface area (Å²) in [6, 6.07) is 0. The van der Waals surface area contributed by atoms with Crippen LogP contribution in [0.15, 0.2) is 0 Å². The maximum absolute atomic E-state index is 11.5. The quantitative estimate of drug-likeness (QED) is 0.242. The molecule has 0 aliphatic carbocycles. The number of rotatable bonds is 16. The molecule has 0 unspecified atom stereocenters. The van der Waals surface area contributed by atoms with E-state index in [4.69, 9.17) is 5.11 Å². The van der Waals surface area contributed by atoms with Gasteiger partial charge in [0.1, 0.15) is 0 Å². The zero-order chi connectivity index (χ0) is 18.0. The average molecular weight is 342 g/mol. The van der Waals surface area contributed by atoms with E-state index >= 15 is 0 Å². The minimum atomic E-state index is -0.949. The standard InChI is InChI=1S/C19H34O5/c1-2-3-4-5-6-7-8-9-10-11-12-15-18(22)24-19(23)16-13-14-17(20)21/h2-16H2,1H3,(H,20,21). The van der Waals surface area contributed by atoms with Crippen molar-refractivity contribution in [1.29, 1.82) is 0 Å². The molecule has 0 aromatic rings. The third-order valence-electron chi connectivity index (χ3n) is 3.98. The van der Waals surface area contributed by atoms with E-state index in [1.165, 1.54) is 51.4 Å². The number of hydrogen-bond acceptors (Lipinski definition) is 4. The molecule has 0 saturated heterocycles. The number of aliphatic carboxylic acids is 1. The second-order valence-electron chi connectivity index (χ2n) is 6.38. The third-order valence-corrected chi connectivity index (χ3v) is 3.98. The monoisotopic (exact) mass is 342 g/mol. The molecule has 0 saturated carbocycles. The zero-order valence-electron chi connectivity index (χ0n) is 15.2. The first kappa shape index (κ1) is 22.6. The smallest absolute Gasteiger partial charge is 0.313 e. The van der Waals surface area contributed by atoms with Gasteiger partial charge in [0.2, 0.25) is 0 Å². The lowest BCUT2D eigenvalue weighted by Crippen LogP contribution is -2.12. The predicted octanol–water partition coefficient (Wildman–Crippen LogP) is 5.01. The van der Waals surface area contributed by atoms with E-state index in [1.54, 1.807) is 0 Å². The molecule has 0 aliphatic heterocycles. The lowest BCUT2D eigenvalue weighted by atomic mass is 10.1. The third kappa shape index (κ3) is 17.0. The Bertz CT molecular complexity index is 352. The molecule has 0 aromatic heterocycles. The molecule has 1 N–H and O–H groups in total. The van der Waals surface area contributed by atoms with Crippen molar-refractivity contribution in [3.63, 3.8) is 0 Å². The van der Waals surface area contributed by atoms with Gasteiger partial charge < -0.3 is 9.84 Å². The van der Waals surface area contributed by atoms with Gasteiger partial charge in [-0.05, 0) is 12.8 Å². The van der Waals surface area contributed by atoms with Crippen LogP contribution in [0.1, 0.15) is 103 Å². The molecular weight excluding hydrogens is 308 g/mol. The van der Waals surface area contributed by atoms with Crippen LogP contribution in [0.4, 0.5) is 0 Å². The number of carboxylic acid groups (broad SMARTS) is 1. The highest BCUT2D eigenvalue weighted by Crippen LogP contribution is 2.12. The molecule has 0 aliphatic rings. The highest BCUT2D eigenvalue weighted by molar-refractivity contribution is 5.85. The van der Waals surface area contributed by atoms with Crippen molar-refractivity contribution in [3.05, 3.63) is 0 Å². The zero-order valence-corrected chi connectivity index (χ0v) is 15.2. The first-order valence-corrected chi connectivity index (χ1v) is 9.51. The summed E-state index contributed by atoms with van der Waals surface area (Å²) in [5.41, 5.74) is 0. The van der Waals surface area contributed by atoms with E-state index in [2.05, 4.69) is 11.7 Å². The molecule has 24 heavy (non-hydrogen) atoms. The van der Waals surface area contributed by atoms with Crippen molar-refractivity contribution in [1.82, 2.24) is 0 Å². The molecule has 0 bridgehead atoms. The van der Waals surface area contributed by atoms with Crippen molar-refractivity contribution in [2.24, 2.45) is 0 Å². The van der Waals surface area contributed by atoms with E-state index in [0.29, 0.717) is 0 Å². The van der Waals surface area contributed by atoms with Gasteiger partial charge in [-0.3, -0.25) is 14.4 Å². The molecule has 5 nitrogen and oxygen atoms in total. The highest BCUT2D eigenvalue weighted by Gasteiger charge is 2.10. The van der Waals surface area contributed by atoms with Crippen LogP contribution in [-0.4, -0.2) is 23.0 Å². The minimum absolute atomic E-state index is 0.0176. The summed E-state index contributed by atoms with van der Waals surface area (Å²) in [4.78, 5) is 33.1. The van der Waals surface area contributed by atoms with Crippen LogP contribution in [-0.2, 0) is 19.1 Å². The van der Waals surface area contributed by atoms with Crippen molar-refractivity contribution in [2.45, 2.75) is 103 Å². The van der Waals surface area contributed by atoms with Gasteiger partial charge in [-0.1, -0.05) is 71.1 Å². The van der Waals surface area contributed by atoms with Crippen molar-refractivity contribution >= 4 is 17.9 Å². The lowest BCUT2D eigenvalue weighted by molar-refractivity contribution is -0.159. The van der Waals surface area contributed by atoms with Crippen LogP contribution in [0.3, 0.4) is 0 Å². The Morgan fingerprint density at radius 3 is 1.50 bits per heavy atom. The molecule has 0 atom stereocenters. The molecule has 0 amide bonds. The normalized spacial score (nSPS) is 10.5. The number of hydrogen-bond donors (Lipinski definition) is 1. The highest BCUT2D eigenvalue weighted by atomic mass is 16.6. The molecule has 0 rings (SSSR count). The Labute approximate surface area is 146 Å². The predicted molar refractivity (Wildman–Crippen MR) is 93.7 cm³/mol. The van der Waals surface area contributed by atoms with Gasteiger partial charge in [0.15, 0.2) is 0 Å². The summed E-state index contributed by atoms with van der Waals surface area (Å²) < 4.78 is 4.65. The number of carboxylic acids is 1. The van der Waals surface area contributed by atoms with E-state index in [0.717, 1.165) is 19.3 Å². The number of esters is 2. The SMILES string of the molecule is CCCCCCCCCCCCCC(=O)OC(=O)CCCC(=O)O. The average Bonchev–Trinajstić information content (AvgIpc) is 2.52. The Hall–Kier alpha value is -1.39. The lowest BCUT2D eigenvalue weighted by Gasteiger charge is -2.03. The molecule has 0 heterocycles. The Kier molecular flexibility index (Phi) is 15.5. The summed E-state index contributed by atoms with van der Waals surface area (Å²) >= 11 is 0. The molecule has 0 fully saturated rings. The van der Waals surface area contributed by atoms with Crippen LogP contribution >= 0.6 is 0 Å². The second kappa shape index (κ2) is 16.5. The second-order valence-corrected chi connectivity index (χ2v) is 6.38. The molecule has 0 radical (unpaired) electrons.